The summed E-state index contributed by atoms with van der Waals surface area (Å²) in [5.41, 5.74) is 0. The maximum atomic E-state index is 11.8. The van der Waals surface area contributed by atoms with Crippen molar-refractivity contribution in [3.63, 3.8) is 0 Å². The summed E-state index contributed by atoms with van der Waals surface area (Å²) < 4.78 is 25.1. The van der Waals surface area contributed by atoms with Gasteiger partial charge >= 0.3 is 10.2 Å². The van der Waals surface area contributed by atoms with Crippen molar-refractivity contribution in [3.05, 3.63) is 0 Å². The van der Waals surface area contributed by atoms with Gasteiger partial charge in [0.1, 0.15) is 0 Å². The first-order valence-corrected chi connectivity index (χ1v) is 7.24. The Balaban J connectivity index is 2.43. The molecule has 6 heteroatoms. The first kappa shape index (κ1) is 13.9. The van der Waals surface area contributed by atoms with E-state index in [1.807, 2.05) is 13.8 Å². The van der Waals surface area contributed by atoms with Crippen molar-refractivity contribution >= 4 is 10.2 Å². The summed E-state index contributed by atoms with van der Waals surface area (Å²) in [6.45, 7) is 7.57. The molecule has 0 bridgehead atoms. The fourth-order valence-electron chi connectivity index (χ4n) is 1.69. The first-order chi connectivity index (χ1) is 7.42. The smallest absolute Gasteiger partial charge is 0.286 e. The van der Waals surface area contributed by atoms with E-state index in [4.69, 9.17) is 4.84 Å². The van der Waals surface area contributed by atoms with Crippen LogP contribution in [0.5, 0.6) is 0 Å². The predicted molar refractivity (Wildman–Crippen MR) is 62.8 cm³/mol. The Morgan fingerprint density at radius 2 is 2.19 bits per heavy atom. The lowest BCUT2D eigenvalue weighted by molar-refractivity contribution is 0.0660. The molecule has 0 aromatic rings. The first-order valence-electron chi connectivity index (χ1n) is 5.80. The highest BCUT2D eigenvalue weighted by atomic mass is 32.2. The molecule has 96 valence electrons. The second-order valence-corrected chi connectivity index (χ2v) is 6.53. The third kappa shape index (κ3) is 4.37. The van der Waals surface area contributed by atoms with Gasteiger partial charge in [0.2, 0.25) is 0 Å². The molecule has 1 unspecified atom stereocenters. The van der Waals surface area contributed by atoms with Crippen LogP contribution < -0.4 is 4.89 Å². The molecule has 1 saturated heterocycles. The summed E-state index contributed by atoms with van der Waals surface area (Å²) in [7, 11) is -3.45. The molecule has 0 spiro atoms. The van der Waals surface area contributed by atoms with Gasteiger partial charge in [0.25, 0.3) is 0 Å². The largest absolute Gasteiger partial charge is 0.301 e. The molecule has 0 saturated carbocycles. The minimum Gasteiger partial charge on any atom is -0.286 e. The molecule has 0 radical (unpaired) electrons. The second kappa shape index (κ2) is 5.95. The van der Waals surface area contributed by atoms with Crippen molar-refractivity contribution in [1.29, 1.82) is 0 Å². The van der Waals surface area contributed by atoms with Crippen LogP contribution in [0, 0.1) is 11.8 Å². The summed E-state index contributed by atoms with van der Waals surface area (Å²) in [6.07, 6.45) is 2.02. The molecule has 1 aliphatic heterocycles. The lowest BCUT2D eigenvalue weighted by Crippen LogP contribution is -2.45. The van der Waals surface area contributed by atoms with E-state index >= 15 is 0 Å². The van der Waals surface area contributed by atoms with Gasteiger partial charge in [0, 0.05) is 13.1 Å². The van der Waals surface area contributed by atoms with Crippen LogP contribution in [0.3, 0.4) is 0 Å². The Morgan fingerprint density at radius 3 is 2.75 bits per heavy atom. The van der Waals surface area contributed by atoms with Crippen LogP contribution in [0.15, 0.2) is 0 Å². The highest BCUT2D eigenvalue weighted by Gasteiger charge is 2.27. The maximum absolute atomic E-state index is 11.8. The van der Waals surface area contributed by atoms with E-state index < -0.39 is 10.2 Å². The minimum atomic E-state index is -3.45. The molecule has 1 N–H and O–H groups in total. The van der Waals surface area contributed by atoms with E-state index in [9.17, 15) is 8.42 Å². The molecule has 5 nitrogen and oxygen atoms in total. The van der Waals surface area contributed by atoms with Crippen LogP contribution in [-0.2, 0) is 15.0 Å². The topological polar surface area (TPSA) is 58.6 Å². The monoisotopic (exact) mass is 250 g/mol. The quantitative estimate of drug-likeness (QED) is 0.744. The molecular weight excluding hydrogens is 228 g/mol. The van der Waals surface area contributed by atoms with Gasteiger partial charge in [-0.15, -0.1) is 0 Å². The molecule has 1 heterocycles. The van der Waals surface area contributed by atoms with Crippen molar-refractivity contribution in [1.82, 2.24) is 9.19 Å². The van der Waals surface area contributed by atoms with E-state index in [-0.39, 0.29) is 0 Å². The summed E-state index contributed by atoms with van der Waals surface area (Å²) in [6, 6.07) is 0. The number of rotatable bonds is 5. The van der Waals surface area contributed by atoms with Crippen LogP contribution in [0.25, 0.3) is 0 Å². The number of nitrogens with one attached hydrogen (secondary N) is 1. The predicted octanol–water partition coefficient (Wildman–Crippen LogP) is 1.14. The fraction of sp³-hybridized carbons (Fsp3) is 1.00. The van der Waals surface area contributed by atoms with Crippen molar-refractivity contribution in [2.75, 3.05) is 19.7 Å². The Labute approximate surface area is 98.3 Å². The number of hydrogen-bond donors (Lipinski definition) is 1. The van der Waals surface area contributed by atoms with Crippen LogP contribution in [-0.4, -0.2) is 32.4 Å². The fourth-order valence-corrected chi connectivity index (χ4v) is 2.84. The van der Waals surface area contributed by atoms with E-state index in [1.165, 1.54) is 4.31 Å². The van der Waals surface area contributed by atoms with Crippen LogP contribution in [0.4, 0.5) is 0 Å². The van der Waals surface area contributed by atoms with Gasteiger partial charge in [-0.2, -0.15) is 12.7 Å². The summed E-state index contributed by atoms with van der Waals surface area (Å²) >= 11 is 0. The van der Waals surface area contributed by atoms with Crippen LogP contribution in [0.2, 0.25) is 0 Å². The van der Waals surface area contributed by atoms with Crippen LogP contribution >= 0.6 is 0 Å². The average molecular weight is 250 g/mol. The minimum absolute atomic E-state index is 0.308. The molecule has 0 aromatic heterocycles. The maximum Gasteiger partial charge on any atom is 0.301 e. The van der Waals surface area contributed by atoms with Crippen LogP contribution in [0.1, 0.15) is 33.6 Å². The molecule has 16 heavy (non-hydrogen) atoms. The Bertz CT molecular complexity index is 303. The lowest BCUT2D eigenvalue weighted by atomic mass is 10.0. The normalized spacial score (nSPS) is 23.9. The Hall–Kier alpha value is -0.170. The van der Waals surface area contributed by atoms with Crippen molar-refractivity contribution < 1.29 is 13.3 Å². The molecule has 1 atom stereocenters. The standard InChI is InChI=1S/C10H22N2O3S/c1-9(2)8-15-11-16(13,14)12-6-4-5-10(3)7-12/h9-11H,4-8H2,1-3H3. The third-order valence-electron chi connectivity index (χ3n) is 2.54. The zero-order valence-corrected chi connectivity index (χ0v) is 11.1. The molecule has 0 aliphatic carbocycles. The zero-order chi connectivity index (χ0) is 12.2. The molecular formula is C10H22N2O3S. The van der Waals surface area contributed by atoms with Crippen molar-refractivity contribution in [2.45, 2.75) is 33.6 Å². The third-order valence-corrected chi connectivity index (χ3v) is 3.88. The van der Waals surface area contributed by atoms with Gasteiger partial charge in [0.15, 0.2) is 0 Å². The number of nitrogens with zero attached hydrogens (tertiary/aromatic N) is 1. The Kier molecular flexibility index (Phi) is 5.17. The highest BCUT2D eigenvalue weighted by molar-refractivity contribution is 7.87. The van der Waals surface area contributed by atoms with Crippen molar-refractivity contribution in [3.8, 4) is 0 Å². The average Bonchev–Trinajstić information content (AvgIpc) is 2.16. The molecule has 1 aliphatic rings. The lowest BCUT2D eigenvalue weighted by Gasteiger charge is -2.29. The van der Waals surface area contributed by atoms with Gasteiger partial charge in [0.05, 0.1) is 6.61 Å². The van der Waals surface area contributed by atoms with Gasteiger partial charge in [-0.3, -0.25) is 4.84 Å². The van der Waals surface area contributed by atoms with Gasteiger partial charge in [-0.1, -0.05) is 25.7 Å². The second-order valence-electron chi connectivity index (χ2n) is 4.90. The number of hydrogen-bond acceptors (Lipinski definition) is 3. The van der Waals surface area contributed by atoms with Gasteiger partial charge < -0.3 is 0 Å². The van der Waals surface area contributed by atoms with Gasteiger partial charge in [-0.05, 0) is 24.7 Å². The van der Waals surface area contributed by atoms with E-state index in [0.717, 1.165) is 12.8 Å². The van der Waals surface area contributed by atoms with E-state index in [0.29, 0.717) is 31.5 Å². The number of piperidine rings is 1. The SMILES string of the molecule is CC(C)CONS(=O)(=O)N1CCCC(C)C1. The molecule has 1 rings (SSSR count). The zero-order valence-electron chi connectivity index (χ0n) is 10.3. The summed E-state index contributed by atoms with van der Waals surface area (Å²) in [4.78, 5) is 7.15. The summed E-state index contributed by atoms with van der Waals surface area (Å²) in [5.74, 6) is 0.735. The molecule has 1 fully saturated rings. The highest BCUT2D eigenvalue weighted by Crippen LogP contribution is 2.17. The molecule has 0 amide bonds. The van der Waals surface area contributed by atoms with Gasteiger partial charge in [-0.25, -0.2) is 0 Å². The Morgan fingerprint density at radius 1 is 1.50 bits per heavy atom. The van der Waals surface area contributed by atoms with E-state index in [2.05, 4.69) is 11.8 Å². The van der Waals surface area contributed by atoms with E-state index in [1.54, 1.807) is 0 Å². The molecule has 0 aromatic carbocycles. The van der Waals surface area contributed by atoms with Crippen molar-refractivity contribution in [2.24, 2.45) is 11.8 Å². The summed E-state index contributed by atoms with van der Waals surface area (Å²) in [5, 5.41) is 0.